The normalized spacial score (nSPS) is 11.2. The third-order valence-electron chi connectivity index (χ3n) is 4.23. The summed E-state index contributed by atoms with van der Waals surface area (Å²) in [4.78, 5) is 22.1. The lowest BCUT2D eigenvalue weighted by Crippen LogP contribution is -2.30. The molecule has 3 rings (SSSR count). The summed E-state index contributed by atoms with van der Waals surface area (Å²) in [5, 5.41) is 14.2. The molecule has 12 heteroatoms. The van der Waals surface area contributed by atoms with Crippen LogP contribution in [0, 0.1) is 15.9 Å². The number of hydrogen-bond acceptors (Lipinski definition) is 8. The first kappa shape index (κ1) is 22.9. The van der Waals surface area contributed by atoms with Gasteiger partial charge in [0.05, 0.1) is 22.6 Å². The van der Waals surface area contributed by atoms with Crippen molar-refractivity contribution in [3.8, 4) is 0 Å². The average Bonchev–Trinajstić information content (AvgIpc) is 3.29. The van der Waals surface area contributed by atoms with Crippen molar-refractivity contribution in [3.63, 3.8) is 0 Å². The Morgan fingerprint density at radius 2 is 1.91 bits per heavy atom. The first-order valence-corrected chi connectivity index (χ1v) is 10.7. The van der Waals surface area contributed by atoms with Crippen molar-refractivity contribution in [1.29, 1.82) is 0 Å². The van der Waals surface area contributed by atoms with E-state index in [4.69, 9.17) is 9.15 Å². The molecule has 0 spiro atoms. The average molecular weight is 463 g/mol. The van der Waals surface area contributed by atoms with Gasteiger partial charge in [0.15, 0.2) is 0 Å². The zero-order chi connectivity index (χ0) is 23.1. The number of esters is 1. The number of nitro benzene ring substituents is 1. The largest absolute Gasteiger partial charge is 0.467 e. The number of carbonyl (C=O) groups excluding carboxylic acids is 1. The Balaban J connectivity index is 1.62. The molecule has 1 heterocycles. The molecule has 168 valence electrons. The van der Waals surface area contributed by atoms with E-state index < -0.39 is 39.0 Å². The van der Waals surface area contributed by atoms with Crippen molar-refractivity contribution in [2.24, 2.45) is 0 Å². The SMILES string of the molecule is O=C(CNS(=O)(=O)c1ccc(NCc2ccco2)c([N+](=O)[O-])c1)OCc1ccc(F)cc1. The lowest BCUT2D eigenvalue weighted by molar-refractivity contribution is -0.384. The first-order valence-electron chi connectivity index (χ1n) is 9.19. The minimum atomic E-state index is -4.23. The summed E-state index contributed by atoms with van der Waals surface area (Å²) in [5.41, 5.74) is 0.165. The molecular weight excluding hydrogens is 445 g/mol. The van der Waals surface area contributed by atoms with E-state index in [-0.39, 0.29) is 23.7 Å². The number of benzene rings is 2. The van der Waals surface area contributed by atoms with Crippen molar-refractivity contribution in [1.82, 2.24) is 4.72 Å². The zero-order valence-electron chi connectivity index (χ0n) is 16.5. The van der Waals surface area contributed by atoms with E-state index in [0.29, 0.717) is 11.3 Å². The molecule has 0 aliphatic rings. The highest BCUT2D eigenvalue weighted by atomic mass is 32.2. The number of nitro groups is 1. The third-order valence-corrected chi connectivity index (χ3v) is 5.63. The summed E-state index contributed by atoms with van der Waals surface area (Å²) < 4.78 is 49.9. The molecular formula is C20H18FN3O7S. The maximum absolute atomic E-state index is 12.9. The van der Waals surface area contributed by atoms with Crippen molar-refractivity contribution in [3.05, 3.63) is 88.1 Å². The van der Waals surface area contributed by atoms with Gasteiger partial charge < -0.3 is 14.5 Å². The molecule has 2 N–H and O–H groups in total. The number of halogens is 1. The van der Waals surface area contributed by atoms with E-state index >= 15 is 0 Å². The monoisotopic (exact) mass is 463 g/mol. The van der Waals surface area contributed by atoms with Crippen LogP contribution in [0.1, 0.15) is 11.3 Å². The smallest absolute Gasteiger partial charge is 0.321 e. The molecule has 0 aliphatic carbocycles. The number of hydrogen-bond donors (Lipinski definition) is 2. The van der Waals surface area contributed by atoms with Gasteiger partial charge in [-0.1, -0.05) is 12.1 Å². The van der Waals surface area contributed by atoms with Crippen LogP contribution in [0.25, 0.3) is 0 Å². The molecule has 0 fully saturated rings. The standard InChI is InChI=1S/C20H18FN3O7S/c21-15-5-3-14(4-6-15)13-31-20(25)12-23-32(28,29)17-7-8-18(19(10-17)24(26)27)22-11-16-2-1-9-30-16/h1-10,22-23H,11-13H2. The fourth-order valence-electron chi connectivity index (χ4n) is 2.61. The quantitative estimate of drug-likeness (QED) is 0.266. The number of ether oxygens (including phenoxy) is 1. The van der Waals surface area contributed by atoms with Gasteiger partial charge in [0.25, 0.3) is 5.69 Å². The minimum absolute atomic E-state index is 0.101. The van der Waals surface area contributed by atoms with Gasteiger partial charge in [0, 0.05) is 6.07 Å². The summed E-state index contributed by atoms with van der Waals surface area (Å²) >= 11 is 0. The van der Waals surface area contributed by atoms with Crippen molar-refractivity contribution >= 4 is 27.4 Å². The van der Waals surface area contributed by atoms with Crippen molar-refractivity contribution in [2.75, 3.05) is 11.9 Å². The molecule has 0 aliphatic heterocycles. The van der Waals surface area contributed by atoms with Crippen LogP contribution in [-0.4, -0.2) is 25.9 Å². The van der Waals surface area contributed by atoms with Gasteiger partial charge in [-0.3, -0.25) is 14.9 Å². The summed E-state index contributed by atoms with van der Waals surface area (Å²) in [6.45, 7) is -0.684. The minimum Gasteiger partial charge on any atom is -0.467 e. The molecule has 0 bridgehead atoms. The van der Waals surface area contributed by atoms with Crippen molar-refractivity contribution < 1.29 is 31.7 Å². The van der Waals surface area contributed by atoms with Crippen LogP contribution in [0.5, 0.6) is 0 Å². The predicted octanol–water partition coefficient (Wildman–Crippen LogP) is 2.96. The Morgan fingerprint density at radius 3 is 2.56 bits per heavy atom. The summed E-state index contributed by atoms with van der Waals surface area (Å²) in [5.74, 6) is -0.773. The van der Waals surface area contributed by atoms with Crippen LogP contribution in [0.15, 0.2) is 70.2 Å². The summed E-state index contributed by atoms with van der Waals surface area (Å²) in [7, 11) is -4.23. The van der Waals surface area contributed by atoms with Gasteiger partial charge in [-0.15, -0.1) is 0 Å². The van der Waals surface area contributed by atoms with E-state index in [1.807, 2.05) is 4.72 Å². The molecule has 1 aromatic heterocycles. The highest BCUT2D eigenvalue weighted by molar-refractivity contribution is 7.89. The van der Waals surface area contributed by atoms with Gasteiger partial charge in [-0.05, 0) is 42.0 Å². The maximum atomic E-state index is 12.9. The third kappa shape index (κ3) is 6.12. The second-order valence-corrected chi connectivity index (χ2v) is 8.25. The van der Waals surface area contributed by atoms with Gasteiger partial charge in [0.2, 0.25) is 10.0 Å². The number of anilines is 1. The number of carbonyl (C=O) groups is 1. The molecule has 3 aromatic rings. The number of sulfonamides is 1. The summed E-state index contributed by atoms with van der Waals surface area (Å²) in [6.07, 6.45) is 1.46. The second kappa shape index (κ2) is 10.0. The van der Waals surface area contributed by atoms with Gasteiger partial charge in [-0.2, -0.15) is 4.72 Å². The fraction of sp³-hybridized carbons (Fsp3) is 0.150. The lowest BCUT2D eigenvalue weighted by atomic mass is 10.2. The lowest BCUT2D eigenvalue weighted by Gasteiger charge is -2.10. The Morgan fingerprint density at radius 1 is 1.16 bits per heavy atom. The van der Waals surface area contributed by atoms with Crippen molar-refractivity contribution in [2.45, 2.75) is 18.0 Å². The number of rotatable bonds is 10. The van der Waals surface area contributed by atoms with E-state index in [2.05, 4.69) is 5.32 Å². The highest BCUT2D eigenvalue weighted by Crippen LogP contribution is 2.28. The van der Waals surface area contributed by atoms with E-state index in [0.717, 1.165) is 6.07 Å². The number of furan rings is 1. The Kier molecular flexibility index (Phi) is 7.18. The van der Waals surface area contributed by atoms with Crippen LogP contribution in [0.2, 0.25) is 0 Å². The van der Waals surface area contributed by atoms with Gasteiger partial charge >= 0.3 is 5.97 Å². The van der Waals surface area contributed by atoms with Crippen LogP contribution >= 0.6 is 0 Å². The zero-order valence-corrected chi connectivity index (χ0v) is 17.3. The molecule has 0 amide bonds. The van der Waals surface area contributed by atoms with Crippen LogP contribution in [0.3, 0.4) is 0 Å². The van der Waals surface area contributed by atoms with Gasteiger partial charge in [-0.25, -0.2) is 12.8 Å². The predicted molar refractivity (Wildman–Crippen MR) is 111 cm³/mol. The Hall–Kier alpha value is -3.77. The topological polar surface area (TPSA) is 141 Å². The summed E-state index contributed by atoms with van der Waals surface area (Å²) in [6, 6.07) is 11.9. The Bertz CT molecular complexity index is 1200. The number of nitrogens with one attached hydrogen (secondary N) is 2. The molecule has 32 heavy (non-hydrogen) atoms. The fourth-order valence-corrected chi connectivity index (χ4v) is 3.60. The molecule has 2 aromatic carbocycles. The van der Waals surface area contributed by atoms with E-state index in [9.17, 15) is 27.7 Å². The van der Waals surface area contributed by atoms with E-state index in [1.54, 1.807) is 12.1 Å². The van der Waals surface area contributed by atoms with E-state index in [1.165, 1.54) is 42.7 Å². The van der Waals surface area contributed by atoms with Gasteiger partial charge in [0.1, 0.15) is 30.4 Å². The molecule has 0 unspecified atom stereocenters. The molecule has 0 saturated heterocycles. The second-order valence-electron chi connectivity index (χ2n) is 6.48. The Labute approximate surface area is 182 Å². The molecule has 0 radical (unpaired) electrons. The van der Waals surface area contributed by atoms with Crippen LogP contribution in [-0.2, 0) is 32.7 Å². The first-order chi connectivity index (χ1) is 15.2. The highest BCUT2D eigenvalue weighted by Gasteiger charge is 2.22. The number of nitrogens with zero attached hydrogens (tertiary/aromatic N) is 1. The van der Waals surface area contributed by atoms with Crippen LogP contribution < -0.4 is 10.0 Å². The molecule has 0 saturated carbocycles. The molecule has 0 atom stereocenters. The maximum Gasteiger partial charge on any atom is 0.321 e. The molecule has 10 nitrogen and oxygen atoms in total. The van der Waals surface area contributed by atoms with Crippen LogP contribution in [0.4, 0.5) is 15.8 Å².